The van der Waals surface area contributed by atoms with Crippen molar-refractivity contribution in [3.63, 3.8) is 0 Å². The second-order valence-electron chi connectivity index (χ2n) is 3.32. The maximum Gasteiger partial charge on any atom is 0.279 e. The molecule has 3 N–H and O–H groups in total. The number of hydrogen-bond acceptors (Lipinski definition) is 5. The molecule has 6 heteroatoms. The molecule has 0 unspecified atom stereocenters. The summed E-state index contributed by atoms with van der Waals surface area (Å²) in [4.78, 5) is 10.8. The SMILES string of the molecule is CC1(OCCNC(=O)CN)OCCCO1. The molecule has 0 aromatic carbocycles. The molecule has 1 fully saturated rings. The Balaban J connectivity index is 2.10. The van der Waals surface area contributed by atoms with E-state index in [0.717, 1.165) is 6.42 Å². The van der Waals surface area contributed by atoms with Crippen LogP contribution in [0, 0.1) is 0 Å². The zero-order valence-electron chi connectivity index (χ0n) is 8.95. The van der Waals surface area contributed by atoms with Crippen LogP contribution in [0.5, 0.6) is 0 Å². The van der Waals surface area contributed by atoms with Crippen molar-refractivity contribution in [1.82, 2.24) is 5.32 Å². The zero-order valence-corrected chi connectivity index (χ0v) is 8.95. The van der Waals surface area contributed by atoms with Gasteiger partial charge in [0.05, 0.1) is 26.4 Å². The lowest BCUT2D eigenvalue weighted by molar-refractivity contribution is -0.388. The minimum atomic E-state index is -0.967. The number of nitrogens with two attached hydrogens (primary N) is 1. The Morgan fingerprint density at radius 2 is 2.20 bits per heavy atom. The predicted molar refractivity (Wildman–Crippen MR) is 52.9 cm³/mol. The minimum Gasteiger partial charge on any atom is -0.353 e. The van der Waals surface area contributed by atoms with Crippen LogP contribution in [0.25, 0.3) is 0 Å². The molecule has 1 amide bonds. The molecule has 88 valence electrons. The van der Waals surface area contributed by atoms with Crippen LogP contribution in [0.15, 0.2) is 0 Å². The summed E-state index contributed by atoms with van der Waals surface area (Å²) in [5.41, 5.74) is 5.12. The Kier molecular flexibility index (Phi) is 4.97. The molecular weight excluding hydrogens is 200 g/mol. The number of rotatable bonds is 5. The Bertz CT molecular complexity index is 204. The van der Waals surface area contributed by atoms with Crippen molar-refractivity contribution in [3.8, 4) is 0 Å². The van der Waals surface area contributed by atoms with Crippen molar-refractivity contribution < 1.29 is 19.0 Å². The summed E-state index contributed by atoms with van der Waals surface area (Å²) in [5.74, 6) is -1.17. The molecule has 1 heterocycles. The first-order valence-corrected chi connectivity index (χ1v) is 5.05. The molecule has 0 radical (unpaired) electrons. The van der Waals surface area contributed by atoms with Crippen molar-refractivity contribution in [2.75, 3.05) is 32.9 Å². The molecule has 0 aliphatic carbocycles. The van der Waals surface area contributed by atoms with Gasteiger partial charge in [-0.2, -0.15) is 0 Å². The lowest BCUT2D eigenvalue weighted by atomic mass is 10.4. The Labute approximate surface area is 89.0 Å². The quantitative estimate of drug-likeness (QED) is 0.590. The van der Waals surface area contributed by atoms with E-state index in [2.05, 4.69) is 5.32 Å². The van der Waals surface area contributed by atoms with Crippen LogP contribution >= 0.6 is 0 Å². The van der Waals surface area contributed by atoms with Crippen molar-refractivity contribution in [2.24, 2.45) is 5.73 Å². The summed E-state index contributed by atoms with van der Waals surface area (Å²) in [6.45, 7) is 3.71. The van der Waals surface area contributed by atoms with Crippen LogP contribution in [0.2, 0.25) is 0 Å². The highest BCUT2D eigenvalue weighted by atomic mass is 16.9. The van der Waals surface area contributed by atoms with Crippen LogP contribution < -0.4 is 11.1 Å². The van der Waals surface area contributed by atoms with E-state index in [1.807, 2.05) is 0 Å². The van der Waals surface area contributed by atoms with Gasteiger partial charge < -0.3 is 25.3 Å². The fourth-order valence-corrected chi connectivity index (χ4v) is 1.20. The number of hydrogen-bond donors (Lipinski definition) is 2. The van der Waals surface area contributed by atoms with Gasteiger partial charge in [0.25, 0.3) is 5.97 Å². The first-order valence-electron chi connectivity index (χ1n) is 5.05. The summed E-state index contributed by atoms with van der Waals surface area (Å²) in [6.07, 6.45) is 0.878. The van der Waals surface area contributed by atoms with Gasteiger partial charge in [-0.1, -0.05) is 0 Å². The van der Waals surface area contributed by atoms with E-state index < -0.39 is 5.97 Å². The zero-order chi connectivity index (χ0) is 11.1. The Morgan fingerprint density at radius 3 is 2.80 bits per heavy atom. The maximum absolute atomic E-state index is 10.8. The van der Waals surface area contributed by atoms with Crippen LogP contribution in [0.3, 0.4) is 0 Å². The standard InChI is InChI=1S/C9H18N2O4/c1-9(13-4-2-5-14-9)15-6-3-11-8(12)7-10/h2-7,10H2,1H3,(H,11,12). The Morgan fingerprint density at radius 1 is 1.53 bits per heavy atom. The third kappa shape index (κ3) is 4.57. The predicted octanol–water partition coefficient (Wildman–Crippen LogP) is -0.811. The molecule has 0 spiro atoms. The van der Waals surface area contributed by atoms with Gasteiger partial charge in [-0.3, -0.25) is 4.79 Å². The van der Waals surface area contributed by atoms with Gasteiger partial charge in [0, 0.05) is 13.5 Å². The molecule has 1 rings (SSSR count). The van der Waals surface area contributed by atoms with Crippen molar-refractivity contribution in [1.29, 1.82) is 0 Å². The van der Waals surface area contributed by atoms with E-state index in [4.69, 9.17) is 19.9 Å². The van der Waals surface area contributed by atoms with E-state index >= 15 is 0 Å². The van der Waals surface area contributed by atoms with Crippen LogP contribution in [-0.2, 0) is 19.0 Å². The monoisotopic (exact) mass is 218 g/mol. The molecule has 0 bridgehead atoms. The second-order valence-corrected chi connectivity index (χ2v) is 3.32. The van der Waals surface area contributed by atoms with Gasteiger partial charge in [0.2, 0.25) is 5.91 Å². The lowest BCUT2D eigenvalue weighted by Gasteiger charge is -2.33. The summed E-state index contributed by atoms with van der Waals surface area (Å²) in [5, 5.41) is 2.59. The van der Waals surface area contributed by atoms with Crippen LogP contribution in [0.1, 0.15) is 13.3 Å². The largest absolute Gasteiger partial charge is 0.353 e. The summed E-state index contributed by atoms with van der Waals surface area (Å²) in [7, 11) is 0. The number of carbonyl (C=O) groups is 1. The molecule has 1 saturated heterocycles. The highest BCUT2D eigenvalue weighted by Crippen LogP contribution is 2.18. The topological polar surface area (TPSA) is 82.8 Å². The fourth-order valence-electron chi connectivity index (χ4n) is 1.20. The molecule has 1 aliphatic rings. The van der Waals surface area contributed by atoms with Gasteiger partial charge in [-0.25, -0.2) is 0 Å². The molecule has 15 heavy (non-hydrogen) atoms. The van der Waals surface area contributed by atoms with E-state index in [-0.39, 0.29) is 12.5 Å². The second kappa shape index (κ2) is 6.02. The van der Waals surface area contributed by atoms with Crippen molar-refractivity contribution >= 4 is 5.91 Å². The Hall–Kier alpha value is -0.690. The van der Waals surface area contributed by atoms with E-state index in [1.165, 1.54) is 0 Å². The molecule has 0 aromatic rings. The molecule has 1 aliphatic heterocycles. The first-order chi connectivity index (χ1) is 7.16. The average Bonchev–Trinajstić information content (AvgIpc) is 2.25. The van der Waals surface area contributed by atoms with Crippen LogP contribution in [0.4, 0.5) is 0 Å². The molecular formula is C9H18N2O4. The van der Waals surface area contributed by atoms with Gasteiger partial charge in [-0.05, 0) is 6.42 Å². The van der Waals surface area contributed by atoms with Crippen molar-refractivity contribution in [2.45, 2.75) is 19.3 Å². The van der Waals surface area contributed by atoms with E-state index in [9.17, 15) is 4.79 Å². The summed E-state index contributed by atoms with van der Waals surface area (Å²) >= 11 is 0. The molecule has 6 nitrogen and oxygen atoms in total. The third-order valence-corrected chi connectivity index (χ3v) is 1.99. The van der Waals surface area contributed by atoms with Crippen molar-refractivity contribution in [3.05, 3.63) is 0 Å². The van der Waals surface area contributed by atoms with Gasteiger partial charge >= 0.3 is 0 Å². The third-order valence-electron chi connectivity index (χ3n) is 1.99. The number of ether oxygens (including phenoxy) is 3. The van der Waals surface area contributed by atoms with Crippen LogP contribution in [-0.4, -0.2) is 44.8 Å². The lowest BCUT2D eigenvalue weighted by Crippen LogP contribution is -2.42. The summed E-state index contributed by atoms with van der Waals surface area (Å²) < 4.78 is 16.0. The normalized spacial score (nSPS) is 19.9. The smallest absolute Gasteiger partial charge is 0.279 e. The van der Waals surface area contributed by atoms with Gasteiger partial charge in [0.1, 0.15) is 0 Å². The highest BCUT2D eigenvalue weighted by molar-refractivity contribution is 5.77. The average molecular weight is 218 g/mol. The fraction of sp³-hybridized carbons (Fsp3) is 0.889. The molecule has 0 atom stereocenters. The van der Waals surface area contributed by atoms with Gasteiger partial charge in [0.15, 0.2) is 0 Å². The van der Waals surface area contributed by atoms with E-state index in [1.54, 1.807) is 6.92 Å². The number of amides is 1. The summed E-state index contributed by atoms with van der Waals surface area (Å²) in [6, 6.07) is 0. The highest BCUT2D eigenvalue weighted by Gasteiger charge is 2.29. The minimum absolute atomic E-state index is 0.00965. The van der Waals surface area contributed by atoms with Gasteiger partial charge in [-0.15, -0.1) is 0 Å². The van der Waals surface area contributed by atoms with E-state index in [0.29, 0.717) is 26.4 Å². The number of nitrogens with one attached hydrogen (secondary N) is 1. The first kappa shape index (κ1) is 12.4. The molecule has 0 saturated carbocycles. The number of carbonyl (C=O) groups excluding carboxylic acids is 1. The molecule has 0 aromatic heterocycles. The maximum atomic E-state index is 10.8.